The Morgan fingerprint density at radius 3 is 2.76 bits per heavy atom. The third-order valence-electron chi connectivity index (χ3n) is 3.35. The Labute approximate surface area is 151 Å². The molecule has 0 saturated carbocycles. The van der Waals surface area contributed by atoms with Gasteiger partial charge in [0.25, 0.3) is 0 Å². The molecule has 130 valence electrons. The number of carbonyl (C=O) groups excluding carboxylic acids is 1. The van der Waals surface area contributed by atoms with E-state index in [-0.39, 0.29) is 0 Å². The summed E-state index contributed by atoms with van der Waals surface area (Å²) in [5.41, 5.74) is 0.395. The Bertz CT molecular complexity index is 845. The molecule has 0 aliphatic heterocycles. The predicted octanol–water partition coefficient (Wildman–Crippen LogP) is 4.94. The Morgan fingerprint density at radius 2 is 2.08 bits per heavy atom. The second-order valence-corrected chi connectivity index (χ2v) is 7.35. The van der Waals surface area contributed by atoms with Gasteiger partial charge in [-0.05, 0) is 31.2 Å². The highest BCUT2D eigenvalue weighted by atomic mass is 32.2. The molecule has 8 heteroatoms. The molecule has 1 unspecified atom stereocenters. The van der Waals surface area contributed by atoms with Crippen molar-refractivity contribution in [1.82, 2.24) is 4.98 Å². The fraction of sp³-hybridized carbons (Fsp3) is 0.176. The summed E-state index contributed by atoms with van der Waals surface area (Å²) in [6.45, 7) is 1.68. The van der Waals surface area contributed by atoms with E-state index >= 15 is 0 Å². The van der Waals surface area contributed by atoms with Crippen molar-refractivity contribution in [3.63, 3.8) is 0 Å². The lowest BCUT2D eigenvalue weighted by atomic mass is 10.3. The van der Waals surface area contributed by atoms with Crippen molar-refractivity contribution < 1.29 is 18.0 Å². The number of rotatable bonds is 6. The minimum Gasteiger partial charge on any atom is -0.462 e. The monoisotopic (exact) mass is 380 g/mol. The number of benzene rings is 1. The molecule has 3 rings (SSSR count). The number of halogens is 2. The largest absolute Gasteiger partial charge is 0.462 e. The lowest BCUT2D eigenvalue weighted by Crippen LogP contribution is -2.23. The van der Waals surface area contributed by atoms with Gasteiger partial charge in [0.1, 0.15) is 17.3 Å². The maximum Gasteiger partial charge on any atom is 0.237 e. The van der Waals surface area contributed by atoms with Crippen LogP contribution in [0.3, 0.4) is 0 Å². The van der Waals surface area contributed by atoms with E-state index in [0.29, 0.717) is 11.5 Å². The topological polar surface area (TPSA) is 55.1 Å². The van der Waals surface area contributed by atoms with Gasteiger partial charge in [0, 0.05) is 11.1 Å². The molecule has 1 N–H and O–H groups in total. The van der Waals surface area contributed by atoms with Crippen molar-refractivity contribution in [3.05, 3.63) is 59.3 Å². The zero-order valence-electron chi connectivity index (χ0n) is 13.2. The van der Waals surface area contributed by atoms with Gasteiger partial charge in [-0.2, -0.15) is 0 Å². The van der Waals surface area contributed by atoms with Gasteiger partial charge in [-0.15, -0.1) is 23.1 Å². The van der Waals surface area contributed by atoms with Crippen LogP contribution in [-0.2, 0) is 10.5 Å². The first kappa shape index (κ1) is 17.6. The Balaban J connectivity index is 1.57. The van der Waals surface area contributed by atoms with Crippen LogP contribution in [0.15, 0.2) is 46.4 Å². The van der Waals surface area contributed by atoms with Gasteiger partial charge < -0.3 is 9.73 Å². The number of anilines is 1. The maximum absolute atomic E-state index is 13.6. The van der Waals surface area contributed by atoms with Gasteiger partial charge >= 0.3 is 0 Å². The summed E-state index contributed by atoms with van der Waals surface area (Å²) in [6, 6.07) is 7.06. The molecule has 1 aromatic carbocycles. The molecule has 25 heavy (non-hydrogen) atoms. The normalized spacial score (nSPS) is 12.1. The first-order chi connectivity index (χ1) is 12.0. The van der Waals surface area contributed by atoms with Crippen LogP contribution in [0.4, 0.5) is 14.5 Å². The number of amides is 1. The molecule has 2 aromatic heterocycles. The molecule has 0 aliphatic rings. The summed E-state index contributed by atoms with van der Waals surface area (Å²) in [6.07, 6.45) is 1.58. The number of thiazole rings is 1. The Kier molecular flexibility index (Phi) is 5.50. The minimum absolute atomic E-state index is 0.422. The van der Waals surface area contributed by atoms with E-state index in [1.807, 2.05) is 11.4 Å². The van der Waals surface area contributed by atoms with E-state index in [1.165, 1.54) is 29.2 Å². The van der Waals surface area contributed by atoms with Crippen molar-refractivity contribution in [2.45, 2.75) is 17.9 Å². The summed E-state index contributed by atoms with van der Waals surface area (Å²) < 4.78 is 32.5. The third-order valence-corrected chi connectivity index (χ3v) is 5.43. The quantitative estimate of drug-likeness (QED) is 0.658. The second kappa shape index (κ2) is 7.79. The molecule has 2 heterocycles. The summed E-state index contributed by atoms with van der Waals surface area (Å²) in [5.74, 6) is -0.857. The van der Waals surface area contributed by atoms with Gasteiger partial charge in [-0.3, -0.25) is 4.79 Å². The maximum atomic E-state index is 13.6. The molecule has 0 fully saturated rings. The van der Waals surface area contributed by atoms with Gasteiger partial charge in [0.2, 0.25) is 5.91 Å². The molecule has 3 aromatic rings. The molecule has 0 radical (unpaired) electrons. The smallest absolute Gasteiger partial charge is 0.237 e. The minimum atomic E-state index is -0.798. The number of hydrogen-bond acceptors (Lipinski definition) is 5. The highest BCUT2D eigenvalue weighted by molar-refractivity contribution is 7.99. The molecule has 1 atom stereocenters. The second-order valence-electron chi connectivity index (χ2n) is 5.16. The van der Waals surface area contributed by atoms with E-state index in [1.54, 1.807) is 19.3 Å². The number of nitrogens with zero attached hydrogens (tertiary/aromatic N) is 1. The zero-order chi connectivity index (χ0) is 17.8. The summed E-state index contributed by atoms with van der Waals surface area (Å²) in [4.78, 5) is 16.6. The van der Waals surface area contributed by atoms with E-state index in [9.17, 15) is 13.6 Å². The fourth-order valence-electron chi connectivity index (χ4n) is 2.01. The van der Waals surface area contributed by atoms with Crippen LogP contribution < -0.4 is 5.32 Å². The van der Waals surface area contributed by atoms with Crippen molar-refractivity contribution in [3.8, 4) is 10.8 Å². The van der Waals surface area contributed by atoms with Gasteiger partial charge in [-0.25, -0.2) is 13.8 Å². The van der Waals surface area contributed by atoms with E-state index in [4.69, 9.17) is 4.42 Å². The molecule has 4 nitrogen and oxygen atoms in total. The number of hydrogen-bond donors (Lipinski definition) is 1. The van der Waals surface area contributed by atoms with E-state index in [2.05, 4.69) is 10.3 Å². The van der Waals surface area contributed by atoms with Gasteiger partial charge in [0.15, 0.2) is 10.8 Å². The summed E-state index contributed by atoms with van der Waals surface area (Å²) in [5, 5.41) is 4.47. The highest BCUT2D eigenvalue weighted by Crippen LogP contribution is 2.27. The number of furan rings is 1. The van der Waals surface area contributed by atoms with Gasteiger partial charge in [-0.1, -0.05) is 6.07 Å². The van der Waals surface area contributed by atoms with Crippen LogP contribution in [0, 0.1) is 11.6 Å². The van der Waals surface area contributed by atoms with Crippen LogP contribution in [0.2, 0.25) is 0 Å². The third kappa shape index (κ3) is 4.26. The van der Waals surface area contributed by atoms with Crippen LogP contribution in [0.5, 0.6) is 0 Å². The van der Waals surface area contributed by atoms with Crippen molar-refractivity contribution >= 4 is 34.7 Å². The first-order valence-electron chi connectivity index (χ1n) is 7.39. The number of carbonyl (C=O) groups is 1. The molecular weight excluding hydrogens is 366 g/mol. The lowest BCUT2D eigenvalue weighted by Gasteiger charge is -2.12. The number of thioether (sulfide) groups is 1. The zero-order valence-corrected chi connectivity index (χ0v) is 14.8. The Morgan fingerprint density at radius 1 is 1.32 bits per heavy atom. The van der Waals surface area contributed by atoms with E-state index < -0.39 is 28.5 Å². The molecule has 0 bridgehead atoms. The van der Waals surface area contributed by atoms with Crippen LogP contribution in [0.1, 0.15) is 12.6 Å². The number of nitrogens with one attached hydrogen (secondary N) is 1. The summed E-state index contributed by atoms with van der Waals surface area (Å²) in [7, 11) is 0. The number of aromatic nitrogens is 1. The average molecular weight is 380 g/mol. The first-order valence-corrected chi connectivity index (χ1v) is 9.32. The highest BCUT2D eigenvalue weighted by Gasteiger charge is 2.18. The van der Waals surface area contributed by atoms with Crippen LogP contribution >= 0.6 is 23.1 Å². The Hall–Kier alpha value is -2.19. The average Bonchev–Trinajstić information content (AvgIpc) is 3.26. The van der Waals surface area contributed by atoms with Gasteiger partial charge in [0.05, 0.1) is 17.2 Å². The molecule has 0 saturated heterocycles. The van der Waals surface area contributed by atoms with Crippen molar-refractivity contribution in [1.29, 1.82) is 0 Å². The fourth-order valence-corrected chi connectivity index (χ4v) is 3.69. The molecule has 0 spiro atoms. The predicted molar refractivity (Wildman–Crippen MR) is 95.6 cm³/mol. The summed E-state index contributed by atoms with van der Waals surface area (Å²) >= 11 is 2.79. The van der Waals surface area contributed by atoms with Crippen LogP contribution in [0.25, 0.3) is 10.8 Å². The SMILES string of the molecule is CC(SCc1csc(-c2ccco2)n1)C(=O)Nc1c(F)cccc1F. The van der Waals surface area contributed by atoms with Crippen molar-refractivity contribution in [2.75, 3.05) is 5.32 Å². The van der Waals surface area contributed by atoms with Crippen LogP contribution in [-0.4, -0.2) is 16.1 Å². The lowest BCUT2D eigenvalue weighted by molar-refractivity contribution is -0.115. The number of para-hydroxylation sites is 1. The molecular formula is C17H14F2N2O2S2. The molecule has 0 aliphatic carbocycles. The molecule has 1 amide bonds. The van der Waals surface area contributed by atoms with E-state index in [0.717, 1.165) is 22.8 Å². The standard InChI is InChI=1S/C17H14F2N2O2S2/c1-10(16(22)21-15-12(18)4-2-5-13(15)19)24-8-11-9-25-17(20-11)14-6-3-7-23-14/h2-7,9-10H,8H2,1H3,(H,21,22). The van der Waals surface area contributed by atoms with Crippen molar-refractivity contribution in [2.24, 2.45) is 0 Å².